The highest BCUT2D eigenvalue weighted by Crippen LogP contribution is 2.33. The van der Waals surface area contributed by atoms with Gasteiger partial charge in [0.1, 0.15) is 11.9 Å². The summed E-state index contributed by atoms with van der Waals surface area (Å²) in [6.45, 7) is 6.35. The van der Waals surface area contributed by atoms with Gasteiger partial charge in [-0.05, 0) is 39.7 Å². The zero-order chi connectivity index (χ0) is 17.2. The van der Waals surface area contributed by atoms with Crippen LogP contribution in [0.5, 0.6) is 0 Å². The van der Waals surface area contributed by atoms with Crippen LogP contribution >= 0.6 is 0 Å². The Morgan fingerprint density at radius 1 is 1.21 bits per heavy atom. The van der Waals surface area contributed by atoms with Crippen LogP contribution in [0.25, 0.3) is 11.3 Å². The fraction of sp³-hybridized carbons (Fsp3) is 0.421. The summed E-state index contributed by atoms with van der Waals surface area (Å²) in [5.74, 6) is 0. The van der Waals surface area contributed by atoms with Gasteiger partial charge in [0.2, 0.25) is 0 Å². The molecule has 0 radical (unpaired) electrons. The largest absolute Gasteiger partial charge is 0.444 e. The van der Waals surface area contributed by atoms with Gasteiger partial charge in [-0.1, -0.05) is 30.3 Å². The average molecular weight is 325 g/mol. The molecule has 0 aliphatic carbocycles. The topological polar surface area (TPSA) is 55.3 Å². The van der Waals surface area contributed by atoms with Crippen LogP contribution in [0.4, 0.5) is 4.79 Å². The van der Waals surface area contributed by atoms with E-state index in [1.165, 1.54) is 0 Å². The molecule has 1 saturated heterocycles. The quantitative estimate of drug-likeness (QED) is 0.829. The molecular formula is C19H23N3O2. The fourth-order valence-electron chi connectivity index (χ4n) is 2.93. The molecule has 1 atom stereocenters. The van der Waals surface area contributed by atoms with Crippen LogP contribution in [-0.2, 0) is 4.74 Å². The van der Waals surface area contributed by atoms with Gasteiger partial charge in [0.15, 0.2) is 0 Å². The van der Waals surface area contributed by atoms with Crippen molar-refractivity contribution >= 4 is 6.09 Å². The number of benzene rings is 1. The number of rotatable bonds is 2. The summed E-state index contributed by atoms with van der Waals surface area (Å²) in [5, 5.41) is 0. The summed E-state index contributed by atoms with van der Waals surface area (Å²) in [7, 11) is 0. The SMILES string of the molecule is CC(C)(C)OC(=O)N1CCC[C@@H]1c1cc(-c2ccccc2)ncn1. The smallest absolute Gasteiger partial charge is 0.410 e. The molecule has 0 N–H and O–H groups in total. The van der Waals surface area contributed by atoms with Crippen LogP contribution in [0, 0.1) is 0 Å². The molecule has 3 rings (SSSR count). The molecule has 0 spiro atoms. The molecule has 1 aliphatic heterocycles. The lowest BCUT2D eigenvalue weighted by Gasteiger charge is -2.28. The Bertz CT molecular complexity index is 710. The van der Waals surface area contributed by atoms with Crippen LogP contribution < -0.4 is 0 Å². The summed E-state index contributed by atoms with van der Waals surface area (Å²) in [6.07, 6.45) is 3.15. The van der Waals surface area contributed by atoms with E-state index in [1.54, 1.807) is 11.2 Å². The molecule has 0 bridgehead atoms. The van der Waals surface area contributed by atoms with Gasteiger partial charge in [0, 0.05) is 12.1 Å². The highest BCUT2D eigenvalue weighted by molar-refractivity contribution is 5.69. The summed E-state index contributed by atoms with van der Waals surface area (Å²) >= 11 is 0. The number of hydrogen-bond acceptors (Lipinski definition) is 4. The van der Waals surface area contributed by atoms with Gasteiger partial charge in [-0.3, -0.25) is 4.90 Å². The first-order valence-corrected chi connectivity index (χ1v) is 8.31. The van der Waals surface area contributed by atoms with Crippen LogP contribution in [0.2, 0.25) is 0 Å². The Morgan fingerprint density at radius 3 is 2.67 bits per heavy atom. The predicted octanol–water partition coefficient (Wildman–Crippen LogP) is 4.22. The Balaban J connectivity index is 1.84. The maximum Gasteiger partial charge on any atom is 0.410 e. The lowest BCUT2D eigenvalue weighted by molar-refractivity contribution is 0.0221. The lowest BCUT2D eigenvalue weighted by atomic mass is 10.1. The minimum atomic E-state index is -0.495. The Morgan fingerprint density at radius 2 is 1.96 bits per heavy atom. The first-order chi connectivity index (χ1) is 11.4. The van der Waals surface area contributed by atoms with E-state index >= 15 is 0 Å². The van der Waals surface area contributed by atoms with Crippen LogP contribution in [-0.4, -0.2) is 33.1 Å². The maximum atomic E-state index is 12.5. The van der Waals surface area contributed by atoms with Crippen molar-refractivity contribution in [3.05, 3.63) is 48.4 Å². The Labute approximate surface area is 142 Å². The van der Waals surface area contributed by atoms with E-state index in [0.29, 0.717) is 6.54 Å². The summed E-state index contributed by atoms with van der Waals surface area (Å²) in [5.41, 5.74) is 2.29. The van der Waals surface area contributed by atoms with Gasteiger partial charge in [0.25, 0.3) is 0 Å². The molecule has 5 nitrogen and oxygen atoms in total. The first kappa shape index (κ1) is 16.4. The van der Waals surface area contributed by atoms with Gasteiger partial charge in [-0.2, -0.15) is 0 Å². The van der Waals surface area contributed by atoms with Crippen molar-refractivity contribution in [3.8, 4) is 11.3 Å². The number of carbonyl (C=O) groups is 1. The molecule has 5 heteroatoms. The molecule has 1 aromatic carbocycles. The van der Waals surface area contributed by atoms with Gasteiger partial charge >= 0.3 is 6.09 Å². The number of carbonyl (C=O) groups excluding carboxylic acids is 1. The van der Waals surface area contributed by atoms with Crippen molar-refractivity contribution in [2.75, 3.05) is 6.54 Å². The highest BCUT2D eigenvalue weighted by Gasteiger charge is 2.34. The number of ether oxygens (including phenoxy) is 1. The number of amides is 1. The monoisotopic (exact) mass is 325 g/mol. The van der Waals surface area contributed by atoms with E-state index in [0.717, 1.165) is 29.8 Å². The summed E-state index contributed by atoms with van der Waals surface area (Å²) in [6, 6.07) is 11.9. The highest BCUT2D eigenvalue weighted by atomic mass is 16.6. The third kappa shape index (κ3) is 3.72. The van der Waals surface area contributed by atoms with Crippen molar-refractivity contribution in [2.24, 2.45) is 0 Å². The van der Waals surface area contributed by atoms with Crippen molar-refractivity contribution < 1.29 is 9.53 Å². The standard InChI is InChI=1S/C19H23N3O2/c1-19(2,3)24-18(23)22-11-7-10-17(22)16-12-15(20-13-21-16)14-8-5-4-6-9-14/h4-6,8-9,12-13,17H,7,10-11H2,1-3H3/t17-/m1/s1. The number of nitrogens with zero attached hydrogens (tertiary/aromatic N) is 3. The molecule has 1 aliphatic rings. The van der Waals surface area contributed by atoms with E-state index in [4.69, 9.17) is 4.74 Å². The van der Waals surface area contributed by atoms with E-state index < -0.39 is 5.60 Å². The molecule has 2 heterocycles. The third-order valence-corrected chi connectivity index (χ3v) is 3.98. The minimum absolute atomic E-state index is 0.0506. The molecule has 126 valence electrons. The fourth-order valence-corrected chi connectivity index (χ4v) is 2.93. The van der Waals surface area contributed by atoms with Crippen molar-refractivity contribution in [1.29, 1.82) is 0 Å². The molecule has 1 amide bonds. The molecule has 1 aromatic heterocycles. The maximum absolute atomic E-state index is 12.5. The first-order valence-electron chi connectivity index (χ1n) is 8.31. The third-order valence-electron chi connectivity index (χ3n) is 3.98. The van der Waals surface area contributed by atoms with Gasteiger partial charge in [-0.15, -0.1) is 0 Å². The second kappa shape index (κ2) is 6.59. The van der Waals surface area contributed by atoms with Crippen molar-refractivity contribution in [3.63, 3.8) is 0 Å². The van der Waals surface area contributed by atoms with Crippen LogP contribution in [0.15, 0.2) is 42.7 Å². The van der Waals surface area contributed by atoms with Crippen LogP contribution in [0.3, 0.4) is 0 Å². The molecule has 1 fully saturated rings. The molecule has 0 saturated carbocycles. The summed E-state index contributed by atoms with van der Waals surface area (Å²) < 4.78 is 5.53. The number of hydrogen-bond donors (Lipinski definition) is 0. The van der Waals surface area contributed by atoms with Gasteiger partial charge < -0.3 is 4.74 Å². The van der Waals surface area contributed by atoms with Crippen molar-refractivity contribution in [1.82, 2.24) is 14.9 Å². The Hall–Kier alpha value is -2.43. The van der Waals surface area contributed by atoms with Crippen molar-refractivity contribution in [2.45, 2.75) is 45.3 Å². The second-order valence-corrected chi connectivity index (χ2v) is 7.03. The average Bonchev–Trinajstić information content (AvgIpc) is 3.04. The summed E-state index contributed by atoms with van der Waals surface area (Å²) in [4.78, 5) is 23.0. The van der Waals surface area contributed by atoms with E-state index in [-0.39, 0.29) is 12.1 Å². The van der Waals surface area contributed by atoms with E-state index in [2.05, 4.69) is 9.97 Å². The van der Waals surface area contributed by atoms with Crippen LogP contribution in [0.1, 0.15) is 45.3 Å². The zero-order valence-corrected chi connectivity index (χ0v) is 14.4. The van der Waals surface area contributed by atoms with E-state index in [9.17, 15) is 4.79 Å². The van der Waals surface area contributed by atoms with E-state index in [1.807, 2.05) is 57.2 Å². The molecule has 0 unspecified atom stereocenters. The minimum Gasteiger partial charge on any atom is -0.444 e. The number of aromatic nitrogens is 2. The molecular weight excluding hydrogens is 302 g/mol. The lowest BCUT2D eigenvalue weighted by Crippen LogP contribution is -2.36. The van der Waals surface area contributed by atoms with Gasteiger partial charge in [-0.25, -0.2) is 14.8 Å². The molecule has 2 aromatic rings. The molecule has 24 heavy (non-hydrogen) atoms. The van der Waals surface area contributed by atoms with Gasteiger partial charge in [0.05, 0.1) is 17.4 Å². The zero-order valence-electron chi connectivity index (χ0n) is 14.4. The Kier molecular flexibility index (Phi) is 4.51. The predicted molar refractivity (Wildman–Crippen MR) is 92.4 cm³/mol. The normalized spacial score (nSPS) is 17.8. The second-order valence-electron chi connectivity index (χ2n) is 7.03. The number of likely N-dealkylation sites (tertiary alicyclic amines) is 1.